The van der Waals surface area contributed by atoms with Crippen LogP contribution in [0.4, 0.5) is 5.69 Å². The van der Waals surface area contributed by atoms with E-state index >= 15 is 0 Å². The van der Waals surface area contributed by atoms with Gasteiger partial charge in [0.25, 0.3) is 5.69 Å². The normalized spacial score (nSPS) is 10.1. The summed E-state index contributed by atoms with van der Waals surface area (Å²) in [5.41, 5.74) is 5.86. The fourth-order valence-electron chi connectivity index (χ4n) is 1.08. The summed E-state index contributed by atoms with van der Waals surface area (Å²) in [6, 6.07) is 1.46. The summed E-state index contributed by atoms with van der Waals surface area (Å²) >= 11 is 3.14. The standard InChI is InChI=1S/C8H10BrN3O2/c9-6-4-8(12(13)14)7(11-5-6)2-1-3-10/h4-5H,1-3,10H2. The predicted molar refractivity (Wildman–Crippen MR) is 56.0 cm³/mol. The molecule has 1 rings (SSSR count). The molecule has 0 atom stereocenters. The van der Waals surface area contributed by atoms with Crippen LogP contribution in [0.15, 0.2) is 16.7 Å². The van der Waals surface area contributed by atoms with Crippen molar-refractivity contribution in [2.45, 2.75) is 12.8 Å². The van der Waals surface area contributed by atoms with Crippen LogP contribution in [-0.4, -0.2) is 16.5 Å². The summed E-state index contributed by atoms with van der Waals surface area (Å²) < 4.78 is 0.612. The van der Waals surface area contributed by atoms with Crippen molar-refractivity contribution in [1.82, 2.24) is 4.98 Å². The van der Waals surface area contributed by atoms with Crippen LogP contribution < -0.4 is 5.73 Å². The third-order valence-corrected chi connectivity index (χ3v) is 2.16. The average Bonchev–Trinajstić information content (AvgIpc) is 2.15. The Morgan fingerprint density at radius 2 is 2.36 bits per heavy atom. The molecule has 6 heteroatoms. The number of pyridine rings is 1. The van der Waals surface area contributed by atoms with Gasteiger partial charge in [-0.05, 0) is 35.3 Å². The Hall–Kier alpha value is -1.01. The molecule has 0 aliphatic heterocycles. The van der Waals surface area contributed by atoms with Crippen molar-refractivity contribution < 1.29 is 4.92 Å². The Morgan fingerprint density at radius 3 is 2.93 bits per heavy atom. The Morgan fingerprint density at radius 1 is 1.64 bits per heavy atom. The maximum absolute atomic E-state index is 10.7. The third kappa shape index (κ3) is 2.74. The second-order valence-corrected chi connectivity index (χ2v) is 3.68. The molecule has 0 aliphatic rings. The second-order valence-electron chi connectivity index (χ2n) is 2.77. The van der Waals surface area contributed by atoms with Crippen molar-refractivity contribution in [3.8, 4) is 0 Å². The van der Waals surface area contributed by atoms with E-state index in [1.165, 1.54) is 6.07 Å². The Labute approximate surface area is 89.6 Å². The zero-order chi connectivity index (χ0) is 10.6. The first-order valence-corrected chi connectivity index (χ1v) is 4.93. The van der Waals surface area contributed by atoms with Crippen molar-refractivity contribution in [2.24, 2.45) is 5.73 Å². The lowest BCUT2D eigenvalue weighted by Gasteiger charge is -2.00. The maximum Gasteiger partial charge on any atom is 0.291 e. The van der Waals surface area contributed by atoms with Crippen molar-refractivity contribution in [1.29, 1.82) is 0 Å². The molecule has 76 valence electrons. The lowest BCUT2D eigenvalue weighted by Crippen LogP contribution is -2.04. The van der Waals surface area contributed by atoms with Gasteiger partial charge in [-0.2, -0.15) is 0 Å². The first kappa shape index (κ1) is 11.1. The topological polar surface area (TPSA) is 82.0 Å². The average molecular weight is 260 g/mol. The van der Waals surface area contributed by atoms with E-state index in [-0.39, 0.29) is 5.69 Å². The minimum Gasteiger partial charge on any atom is -0.330 e. The van der Waals surface area contributed by atoms with Gasteiger partial charge >= 0.3 is 0 Å². The van der Waals surface area contributed by atoms with Crippen LogP contribution >= 0.6 is 15.9 Å². The Kier molecular flexibility index (Phi) is 3.97. The van der Waals surface area contributed by atoms with Crippen molar-refractivity contribution in [3.63, 3.8) is 0 Å². The monoisotopic (exact) mass is 259 g/mol. The molecular weight excluding hydrogens is 250 g/mol. The number of nitrogens with two attached hydrogens (primary N) is 1. The number of hydrogen-bond acceptors (Lipinski definition) is 4. The van der Waals surface area contributed by atoms with E-state index in [0.29, 0.717) is 29.6 Å². The number of nitro groups is 1. The number of aryl methyl sites for hydroxylation is 1. The molecule has 0 saturated carbocycles. The number of nitrogens with zero attached hydrogens (tertiary/aromatic N) is 2. The highest BCUT2D eigenvalue weighted by molar-refractivity contribution is 9.10. The van der Waals surface area contributed by atoms with Crippen LogP contribution in [0.2, 0.25) is 0 Å². The molecule has 0 saturated heterocycles. The summed E-state index contributed by atoms with van der Waals surface area (Å²) in [5, 5.41) is 10.7. The fraction of sp³-hybridized carbons (Fsp3) is 0.375. The van der Waals surface area contributed by atoms with Gasteiger partial charge < -0.3 is 5.73 Å². The van der Waals surface area contributed by atoms with Crippen LogP contribution in [0.1, 0.15) is 12.1 Å². The number of aromatic nitrogens is 1. The van der Waals surface area contributed by atoms with E-state index in [4.69, 9.17) is 5.73 Å². The van der Waals surface area contributed by atoms with Crippen LogP contribution in [-0.2, 0) is 6.42 Å². The second kappa shape index (κ2) is 5.02. The molecule has 0 fully saturated rings. The highest BCUT2D eigenvalue weighted by atomic mass is 79.9. The zero-order valence-corrected chi connectivity index (χ0v) is 9.03. The largest absolute Gasteiger partial charge is 0.330 e. The molecule has 0 unspecified atom stereocenters. The van der Waals surface area contributed by atoms with Crippen LogP contribution in [0.25, 0.3) is 0 Å². The Balaban J connectivity index is 2.96. The van der Waals surface area contributed by atoms with E-state index in [0.717, 1.165) is 0 Å². The number of halogens is 1. The van der Waals surface area contributed by atoms with Gasteiger partial charge in [-0.25, -0.2) is 0 Å². The molecule has 0 spiro atoms. The van der Waals surface area contributed by atoms with Gasteiger partial charge in [0.2, 0.25) is 0 Å². The first-order valence-electron chi connectivity index (χ1n) is 4.14. The lowest BCUT2D eigenvalue weighted by atomic mass is 10.2. The molecule has 0 aromatic carbocycles. The summed E-state index contributed by atoms with van der Waals surface area (Å²) in [4.78, 5) is 14.2. The smallest absolute Gasteiger partial charge is 0.291 e. The molecule has 14 heavy (non-hydrogen) atoms. The van der Waals surface area contributed by atoms with Gasteiger partial charge in [0.1, 0.15) is 5.69 Å². The zero-order valence-electron chi connectivity index (χ0n) is 7.44. The van der Waals surface area contributed by atoms with E-state index in [1.54, 1.807) is 6.20 Å². The van der Waals surface area contributed by atoms with Crippen LogP contribution in [0.3, 0.4) is 0 Å². The van der Waals surface area contributed by atoms with Gasteiger partial charge in [0.05, 0.1) is 4.92 Å². The van der Waals surface area contributed by atoms with Crippen molar-refractivity contribution >= 4 is 21.6 Å². The lowest BCUT2D eigenvalue weighted by molar-refractivity contribution is -0.386. The summed E-state index contributed by atoms with van der Waals surface area (Å²) in [6.07, 6.45) is 2.80. The van der Waals surface area contributed by atoms with Gasteiger partial charge in [0.15, 0.2) is 0 Å². The highest BCUT2D eigenvalue weighted by Gasteiger charge is 2.14. The minimum absolute atomic E-state index is 0.0489. The fourth-order valence-corrected chi connectivity index (χ4v) is 1.40. The molecule has 1 heterocycles. The SMILES string of the molecule is NCCCc1ncc(Br)cc1[N+](=O)[O-]. The Bertz CT molecular complexity index is 343. The number of hydrogen-bond donors (Lipinski definition) is 1. The van der Waals surface area contributed by atoms with Crippen molar-refractivity contribution in [2.75, 3.05) is 6.54 Å². The van der Waals surface area contributed by atoms with Crippen LogP contribution in [0.5, 0.6) is 0 Å². The highest BCUT2D eigenvalue weighted by Crippen LogP contribution is 2.21. The van der Waals surface area contributed by atoms with Gasteiger partial charge in [-0.1, -0.05) is 0 Å². The molecule has 1 aromatic rings. The molecule has 2 N–H and O–H groups in total. The number of rotatable bonds is 4. The molecule has 1 aromatic heterocycles. The van der Waals surface area contributed by atoms with Crippen molar-refractivity contribution in [3.05, 3.63) is 32.5 Å². The molecule has 0 bridgehead atoms. The van der Waals surface area contributed by atoms with E-state index in [1.807, 2.05) is 0 Å². The summed E-state index contributed by atoms with van der Waals surface area (Å²) in [5.74, 6) is 0. The molecule has 0 aliphatic carbocycles. The van der Waals surface area contributed by atoms with Gasteiger partial charge in [-0.3, -0.25) is 15.1 Å². The molecule has 0 radical (unpaired) electrons. The van der Waals surface area contributed by atoms with Gasteiger partial charge in [0, 0.05) is 16.7 Å². The molecular formula is C8H10BrN3O2. The minimum atomic E-state index is -0.427. The maximum atomic E-state index is 10.7. The predicted octanol–water partition coefficient (Wildman–Crippen LogP) is 1.64. The van der Waals surface area contributed by atoms with E-state index in [2.05, 4.69) is 20.9 Å². The van der Waals surface area contributed by atoms with Crippen LogP contribution in [0, 0.1) is 10.1 Å². The molecule has 5 nitrogen and oxygen atoms in total. The van der Waals surface area contributed by atoms with E-state index in [9.17, 15) is 10.1 Å². The van der Waals surface area contributed by atoms with Gasteiger partial charge in [-0.15, -0.1) is 0 Å². The summed E-state index contributed by atoms with van der Waals surface area (Å²) in [6.45, 7) is 0.509. The quantitative estimate of drug-likeness (QED) is 0.659. The van der Waals surface area contributed by atoms with E-state index < -0.39 is 4.92 Å². The first-order chi connectivity index (χ1) is 6.65. The molecule has 0 amide bonds. The summed E-state index contributed by atoms with van der Waals surface area (Å²) in [7, 11) is 0. The third-order valence-electron chi connectivity index (χ3n) is 1.73.